The van der Waals surface area contributed by atoms with Gasteiger partial charge in [-0.15, -0.1) is 0 Å². The first-order valence-corrected chi connectivity index (χ1v) is 14.1. The Morgan fingerprint density at radius 1 is 1.18 bits per heavy atom. The number of aliphatic hydroxyl groups excluding tert-OH is 1. The van der Waals surface area contributed by atoms with Gasteiger partial charge in [-0.1, -0.05) is 44.2 Å². The number of aliphatic hydroxyl groups is 1. The second-order valence-electron chi connectivity index (χ2n) is 11.9. The fourth-order valence-corrected chi connectivity index (χ4v) is 6.94. The van der Waals surface area contributed by atoms with Gasteiger partial charge in [-0.2, -0.15) is 0 Å². The molecule has 3 unspecified atom stereocenters. The maximum absolute atomic E-state index is 13.8. The molecule has 1 aromatic heterocycles. The average molecular weight is 543 g/mol. The summed E-state index contributed by atoms with van der Waals surface area (Å²) < 4.78 is 13.2. The lowest BCUT2D eigenvalue weighted by atomic mass is 9.72. The van der Waals surface area contributed by atoms with Gasteiger partial charge < -0.3 is 30.2 Å². The number of β-amino-alcohol motifs (C(OH)–C–C–N with tert-alkyl or cyclic N) is 1. The minimum atomic E-state index is -0.753. The number of nitrogens with zero attached hydrogens (tertiary/aromatic N) is 1. The highest BCUT2D eigenvalue weighted by molar-refractivity contribution is 5.90. The molecule has 5 heterocycles. The third kappa shape index (κ3) is 3.71. The molecule has 9 nitrogen and oxygen atoms in total. The number of aryl methyl sites for hydroxylation is 1. The van der Waals surface area contributed by atoms with E-state index in [2.05, 4.69) is 28.1 Å². The zero-order chi connectivity index (χ0) is 27.8. The normalized spacial score (nSPS) is 30.0. The SMILES string of the molecule is Cc1nc2oc1C13c4ccccc4N[C@H]1Oc1ccc(cc13)CC(CC(=O)[C@@H]1C[C@@H](O)CN1)C(=O)NC2C(C)C. The molecular weight excluding hydrogens is 508 g/mol. The molecule has 40 heavy (non-hydrogen) atoms. The summed E-state index contributed by atoms with van der Waals surface area (Å²) in [6.45, 7) is 6.37. The summed E-state index contributed by atoms with van der Waals surface area (Å²) >= 11 is 0. The van der Waals surface area contributed by atoms with Gasteiger partial charge in [0.05, 0.1) is 17.8 Å². The first-order valence-electron chi connectivity index (χ1n) is 14.1. The summed E-state index contributed by atoms with van der Waals surface area (Å²) in [5.41, 5.74) is 3.94. The zero-order valence-corrected chi connectivity index (χ0v) is 22.9. The number of nitrogens with one attached hydrogen (secondary N) is 3. The molecule has 208 valence electrons. The van der Waals surface area contributed by atoms with E-state index in [0.29, 0.717) is 31.0 Å². The number of carbonyl (C=O) groups excluding carboxylic acids is 2. The van der Waals surface area contributed by atoms with Crippen LogP contribution in [-0.4, -0.2) is 46.7 Å². The smallest absolute Gasteiger partial charge is 0.224 e. The van der Waals surface area contributed by atoms with Crippen molar-refractivity contribution in [3.63, 3.8) is 0 Å². The number of hydrogen-bond donors (Lipinski definition) is 4. The molecule has 4 aliphatic rings. The van der Waals surface area contributed by atoms with Crippen LogP contribution in [-0.2, 0) is 21.4 Å². The van der Waals surface area contributed by atoms with E-state index in [4.69, 9.17) is 14.1 Å². The number of aromatic nitrogens is 1. The lowest BCUT2D eigenvalue weighted by molar-refractivity contribution is -0.131. The third-order valence-corrected chi connectivity index (χ3v) is 8.94. The molecular formula is C31H34N4O5. The van der Waals surface area contributed by atoms with Crippen LogP contribution in [0.3, 0.4) is 0 Å². The van der Waals surface area contributed by atoms with Crippen molar-refractivity contribution in [2.24, 2.45) is 11.8 Å². The number of hydrogen-bond acceptors (Lipinski definition) is 8. The molecule has 6 atom stereocenters. The van der Waals surface area contributed by atoms with Gasteiger partial charge in [0.15, 0.2) is 12.0 Å². The van der Waals surface area contributed by atoms with E-state index in [0.717, 1.165) is 33.8 Å². The van der Waals surface area contributed by atoms with Gasteiger partial charge in [-0.05, 0) is 48.9 Å². The van der Waals surface area contributed by atoms with Crippen LogP contribution in [0.4, 0.5) is 5.69 Å². The molecule has 0 aliphatic carbocycles. The molecule has 0 saturated carbocycles. The minimum Gasteiger partial charge on any atom is -0.469 e. The summed E-state index contributed by atoms with van der Waals surface area (Å²) in [5.74, 6) is 1.05. The van der Waals surface area contributed by atoms with Crippen LogP contribution in [0.25, 0.3) is 0 Å². The highest BCUT2D eigenvalue weighted by Crippen LogP contribution is 2.58. The molecule has 4 aliphatic heterocycles. The molecule has 1 spiro atoms. The van der Waals surface area contributed by atoms with Gasteiger partial charge in [0.1, 0.15) is 23.0 Å². The van der Waals surface area contributed by atoms with Crippen LogP contribution < -0.4 is 20.7 Å². The predicted molar refractivity (Wildman–Crippen MR) is 147 cm³/mol. The van der Waals surface area contributed by atoms with Crippen molar-refractivity contribution < 1.29 is 23.8 Å². The first kappa shape index (κ1) is 25.3. The molecule has 0 radical (unpaired) electrons. The maximum atomic E-state index is 13.8. The van der Waals surface area contributed by atoms with E-state index in [-0.39, 0.29) is 24.0 Å². The van der Waals surface area contributed by atoms with E-state index in [1.807, 2.05) is 51.1 Å². The van der Waals surface area contributed by atoms with Crippen molar-refractivity contribution in [2.45, 2.75) is 69.9 Å². The molecule has 1 fully saturated rings. The molecule has 1 amide bonds. The van der Waals surface area contributed by atoms with Crippen molar-refractivity contribution in [3.8, 4) is 5.75 Å². The van der Waals surface area contributed by atoms with Crippen molar-refractivity contribution in [1.82, 2.24) is 15.6 Å². The fraction of sp³-hybridized carbons (Fsp3) is 0.452. The molecule has 3 aromatic rings. The van der Waals surface area contributed by atoms with E-state index >= 15 is 0 Å². The molecule has 1 saturated heterocycles. The largest absolute Gasteiger partial charge is 0.469 e. The molecule has 9 heteroatoms. The Hall–Kier alpha value is -3.69. The Morgan fingerprint density at radius 3 is 2.77 bits per heavy atom. The highest BCUT2D eigenvalue weighted by Gasteiger charge is 2.60. The maximum Gasteiger partial charge on any atom is 0.224 e. The Kier molecular flexibility index (Phi) is 5.80. The number of ether oxygens (including phenoxy) is 1. The Morgan fingerprint density at radius 2 is 2.00 bits per heavy atom. The van der Waals surface area contributed by atoms with Crippen molar-refractivity contribution >= 4 is 17.4 Å². The summed E-state index contributed by atoms with van der Waals surface area (Å²) in [4.78, 5) is 31.9. The second-order valence-corrected chi connectivity index (χ2v) is 11.9. The molecule has 4 bridgehead atoms. The highest BCUT2D eigenvalue weighted by atomic mass is 16.5. The summed E-state index contributed by atoms with van der Waals surface area (Å²) in [7, 11) is 0. The summed E-state index contributed by atoms with van der Waals surface area (Å²) in [5, 5.41) is 19.8. The van der Waals surface area contributed by atoms with Gasteiger partial charge in [0.2, 0.25) is 11.8 Å². The minimum absolute atomic E-state index is 0.00344. The lowest BCUT2D eigenvalue weighted by Crippen LogP contribution is -2.41. The number of carbonyl (C=O) groups is 2. The van der Waals surface area contributed by atoms with Crippen LogP contribution in [0.15, 0.2) is 46.9 Å². The number of benzene rings is 2. The standard InChI is InChI=1S/C31H34N4O5/c1-15(2)26-29-33-16(3)27(40-29)31-20-6-4-5-7-22(20)34-30(31)39-25-9-8-17(11-21(25)31)10-18(28(38)35-26)12-24(37)23-13-19(36)14-32-23/h4-9,11,15,18-19,23,26,30,32,34,36H,10,12-14H2,1-3H3,(H,35,38)/t18?,19-,23+,26?,30+,31?/m1/s1. The fourth-order valence-electron chi connectivity index (χ4n) is 6.94. The monoisotopic (exact) mass is 542 g/mol. The second kappa shape index (κ2) is 9.17. The van der Waals surface area contributed by atoms with Crippen LogP contribution in [0.2, 0.25) is 0 Å². The average Bonchev–Trinajstić information content (AvgIpc) is 3.67. The van der Waals surface area contributed by atoms with E-state index in [1.165, 1.54) is 0 Å². The topological polar surface area (TPSA) is 126 Å². The predicted octanol–water partition coefficient (Wildman–Crippen LogP) is 3.13. The number of anilines is 1. The van der Waals surface area contributed by atoms with Crippen LogP contribution >= 0.6 is 0 Å². The van der Waals surface area contributed by atoms with E-state index < -0.39 is 35.7 Å². The number of amides is 1. The number of ketones is 1. The van der Waals surface area contributed by atoms with Crippen molar-refractivity contribution in [3.05, 3.63) is 76.5 Å². The number of rotatable bonds is 4. The molecule has 4 N–H and O–H groups in total. The van der Waals surface area contributed by atoms with Gasteiger partial charge in [0, 0.05) is 30.1 Å². The van der Waals surface area contributed by atoms with E-state index in [1.54, 1.807) is 0 Å². The van der Waals surface area contributed by atoms with Crippen molar-refractivity contribution in [2.75, 3.05) is 11.9 Å². The summed E-state index contributed by atoms with van der Waals surface area (Å²) in [6, 6.07) is 13.3. The Balaban J connectivity index is 1.38. The molecule has 2 aromatic carbocycles. The van der Waals surface area contributed by atoms with Crippen LogP contribution in [0, 0.1) is 18.8 Å². The third-order valence-electron chi connectivity index (χ3n) is 8.94. The first-order chi connectivity index (χ1) is 19.3. The quantitative estimate of drug-likeness (QED) is 0.396. The van der Waals surface area contributed by atoms with Gasteiger partial charge in [-0.3, -0.25) is 9.59 Å². The van der Waals surface area contributed by atoms with Crippen molar-refractivity contribution in [1.29, 1.82) is 0 Å². The van der Waals surface area contributed by atoms with Gasteiger partial charge >= 0.3 is 0 Å². The zero-order valence-electron chi connectivity index (χ0n) is 22.9. The number of para-hydroxylation sites is 1. The Bertz CT molecular complexity index is 1520. The van der Waals surface area contributed by atoms with E-state index in [9.17, 15) is 14.7 Å². The number of oxazole rings is 1. The van der Waals surface area contributed by atoms with Crippen LogP contribution in [0.1, 0.15) is 66.8 Å². The van der Waals surface area contributed by atoms with Crippen LogP contribution in [0.5, 0.6) is 5.75 Å². The molecule has 7 rings (SSSR count). The number of fused-ring (bicyclic) bond motifs is 4. The lowest BCUT2D eigenvalue weighted by Gasteiger charge is -2.28. The van der Waals surface area contributed by atoms with Gasteiger partial charge in [-0.25, -0.2) is 4.98 Å². The van der Waals surface area contributed by atoms with Gasteiger partial charge in [0.25, 0.3) is 0 Å². The Labute approximate surface area is 232 Å². The summed E-state index contributed by atoms with van der Waals surface area (Å²) in [6.07, 6.45) is -0.126. The number of Topliss-reactive ketones (excluding diaryl/α,β-unsaturated/α-hetero) is 1.